The first-order chi connectivity index (χ1) is 26.2. The van der Waals surface area contributed by atoms with Gasteiger partial charge in [0.15, 0.2) is 0 Å². The van der Waals surface area contributed by atoms with E-state index in [9.17, 15) is 4.79 Å². The van der Waals surface area contributed by atoms with Crippen LogP contribution in [0.15, 0.2) is 12.2 Å². The molecule has 0 aromatic carbocycles. The third-order valence-electron chi connectivity index (χ3n) is 11.9. The average molecular weight is 745 g/mol. The van der Waals surface area contributed by atoms with Gasteiger partial charge in [-0.3, -0.25) is 4.79 Å². The van der Waals surface area contributed by atoms with Crippen molar-refractivity contribution in [2.45, 2.75) is 297 Å². The van der Waals surface area contributed by atoms with E-state index in [0.717, 1.165) is 18.8 Å². The quantitative estimate of drug-likeness (QED) is 0.0352. The van der Waals surface area contributed by atoms with Crippen LogP contribution in [0.3, 0.4) is 0 Å². The van der Waals surface area contributed by atoms with Crippen molar-refractivity contribution in [1.29, 1.82) is 0 Å². The van der Waals surface area contributed by atoms with Crippen LogP contribution in [0, 0.1) is 5.92 Å². The predicted octanol–water partition coefficient (Wildman–Crippen LogP) is 18.5. The minimum atomic E-state index is 0.0256. The van der Waals surface area contributed by atoms with Gasteiger partial charge in [0, 0.05) is 6.42 Å². The fraction of sp³-hybridized carbons (Fsp3) is 0.941. The molecule has 2 heteroatoms. The fourth-order valence-corrected chi connectivity index (χ4v) is 7.82. The summed E-state index contributed by atoms with van der Waals surface area (Å²) in [5, 5.41) is 0. The summed E-state index contributed by atoms with van der Waals surface area (Å²) in [6.07, 6.45) is 63.4. The summed E-state index contributed by atoms with van der Waals surface area (Å²) in [6, 6.07) is 0. The van der Waals surface area contributed by atoms with Crippen molar-refractivity contribution >= 4 is 5.97 Å². The zero-order valence-electron chi connectivity index (χ0n) is 37.2. The SMILES string of the molecule is CCCCCCCCC=CCCCCCCCCCC(=O)OCCCCCCCCCCCCCCCCCCCCCCCCCCCC(C)CC. The Morgan fingerprint density at radius 2 is 0.698 bits per heavy atom. The Hall–Kier alpha value is -0.790. The lowest BCUT2D eigenvalue weighted by Crippen LogP contribution is -2.05. The summed E-state index contributed by atoms with van der Waals surface area (Å²) in [6.45, 7) is 7.64. The highest BCUT2D eigenvalue weighted by atomic mass is 16.5. The van der Waals surface area contributed by atoms with Gasteiger partial charge < -0.3 is 4.74 Å². The summed E-state index contributed by atoms with van der Waals surface area (Å²) >= 11 is 0. The van der Waals surface area contributed by atoms with Crippen LogP contribution in [0.25, 0.3) is 0 Å². The predicted molar refractivity (Wildman–Crippen MR) is 239 cm³/mol. The lowest BCUT2D eigenvalue weighted by atomic mass is 9.99. The molecule has 0 fully saturated rings. The number of carbonyl (C=O) groups excluding carboxylic acids is 1. The summed E-state index contributed by atoms with van der Waals surface area (Å²) in [5.74, 6) is 0.963. The molecule has 0 saturated carbocycles. The first-order valence-corrected chi connectivity index (χ1v) is 25.0. The molecule has 1 unspecified atom stereocenters. The van der Waals surface area contributed by atoms with Gasteiger partial charge in [0.25, 0.3) is 0 Å². The number of allylic oxidation sites excluding steroid dienone is 2. The summed E-state index contributed by atoms with van der Waals surface area (Å²) in [7, 11) is 0. The lowest BCUT2D eigenvalue weighted by Gasteiger charge is -2.07. The Balaban J connectivity index is 3.16. The molecule has 0 aliphatic heterocycles. The summed E-state index contributed by atoms with van der Waals surface area (Å²) in [5.41, 5.74) is 0. The second-order valence-electron chi connectivity index (χ2n) is 17.4. The fourth-order valence-electron chi connectivity index (χ4n) is 7.82. The van der Waals surface area contributed by atoms with E-state index >= 15 is 0 Å². The topological polar surface area (TPSA) is 26.3 Å². The first-order valence-electron chi connectivity index (χ1n) is 25.0. The number of esters is 1. The summed E-state index contributed by atoms with van der Waals surface area (Å²) in [4.78, 5) is 12.0. The van der Waals surface area contributed by atoms with Gasteiger partial charge in [-0.2, -0.15) is 0 Å². The Morgan fingerprint density at radius 3 is 1.06 bits per heavy atom. The van der Waals surface area contributed by atoms with Crippen LogP contribution in [-0.4, -0.2) is 12.6 Å². The third-order valence-corrected chi connectivity index (χ3v) is 11.9. The normalized spacial score (nSPS) is 12.3. The molecule has 0 amide bonds. The Morgan fingerprint density at radius 1 is 0.396 bits per heavy atom. The Bertz CT molecular complexity index is 698. The van der Waals surface area contributed by atoms with E-state index in [1.54, 1.807) is 0 Å². The highest BCUT2D eigenvalue weighted by Crippen LogP contribution is 2.18. The molecule has 0 rings (SSSR count). The molecule has 0 radical (unpaired) electrons. The van der Waals surface area contributed by atoms with Crippen LogP contribution in [0.2, 0.25) is 0 Å². The molecule has 0 aliphatic carbocycles. The van der Waals surface area contributed by atoms with Gasteiger partial charge in [-0.1, -0.05) is 264 Å². The molecule has 2 nitrogen and oxygen atoms in total. The molecular formula is C51H100O2. The van der Waals surface area contributed by atoms with Crippen molar-refractivity contribution in [3.63, 3.8) is 0 Å². The third kappa shape index (κ3) is 47.3. The molecule has 0 N–H and O–H groups in total. The number of unbranched alkanes of at least 4 members (excludes halogenated alkanes) is 37. The van der Waals surface area contributed by atoms with E-state index in [1.807, 2.05) is 0 Å². The number of rotatable bonds is 46. The number of hydrogen-bond donors (Lipinski definition) is 0. The van der Waals surface area contributed by atoms with Crippen LogP contribution in [-0.2, 0) is 9.53 Å². The van der Waals surface area contributed by atoms with Gasteiger partial charge in [0.05, 0.1) is 6.61 Å². The van der Waals surface area contributed by atoms with Gasteiger partial charge in [0.2, 0.25) is 0 Å². The highest BCUT2D eigenvalue weighted by molar-refractivity contribution is 5.69. The van der Waals surface area contributed by atoms with Crippen LogP contribution in [0.5, 0.6) is 0 Å². The maximum Gasteiger partial charge on any atom is 0.305 e. The second kappa shape index (κ2) is 47.4. The smallest absolute Gasteiger partial charge is 0.305 e. The molecular weight excluding hydrogens is 645 g/mol. The van der Waals surface area contributed by atoms with Crippen molar-refractivity contribution in [2.75, 3.05) is 6.61 Å². The maximum absolute atomic E-state index is 12.0. The molecule has 0 saturated heterocycles. The molecule has 0 spiro atoms. The largest absolute Gasteiger partial charge is 0.466 e. The minimum Gasteiger partial charge on any atom is -0.466 e. The number of carbonyl (C=O) groups is 1. The van der Waals surface area contributed by atoms with E-state index in [1.165, 1.54) is 257 Å². The van der Waals surface area contributed by atoms with E-state index in [4.69, 9.17) is 4.74 Å². The first kappa shape index (κ1) is 52.2. The van der Waals surface area contributed by atoms with Crippen molar-refractivity contribution in [3.05, 3.63) is 12.2 Å². The molecule has 316 valence electrons. The molecule has 0 heterocycles. The zero-order valence-corrected chi connectivity index (χ0v) is 37.2. The van der Waals surface area contributed by atoms with Gasteiger partial charge in [-0.25, -0.2) is 0 Å². The van der Waals surface area contributed by atoms with E-state index in [2.05, 4.69) is 32.9 Å². The second-order valence-corrected chi connectivity index (χ2v) is 17.4. The van der Waals surface area contributed by atoms with Crippen molar-refractivity contribution in [2.24, 2.45) is 5.92 Å². The summed E-state index contributed by atoms with van der Waals surface area (Å²) < 4.78 is 5.49. The van der Waals surface area contributed by atoms with Crippen molar-refractivity contribution < 1.29 is 9.53 Å². The molecule has 1 atom stereocenters. The minimum absolute atomic E-state index is 0.0256. The van der Waals surface area contributed by atoms with E-state index in [0.29, 0.717) is 13.0 Å². The van der Waals surface area contributed by atoms with Crippen molar-refractivity contribution in [3.8, 4) is 0 Å². The van der Waals surface area contributed by atoms with Crippen LogP contribution in [0.4, 0.5) is 0 Å². The van der Waals surface area contributed by atoms with Gasteiger partial charge in [0.1, 0.15) is 0 Å². The van der Waals surface area contributed by atoms with E-state index in [-0.39, 0.29) is 5.97 Å². The van der Waals surface area contributed by atoms with Gasteiger partial charge in [-0.15, -0.1) is 0 Å². The Kier molecular flexibility index (Phi) is 46.7. The lowest BCUT2D eigenvalue weighted by molar-refractivity contribution is -0.143. The number of ether oxygens (including phenoxy) is 1. The highest BCUT2D eigenvalue weighted by Gasteiger charge is 2.03. The molecule has 0 aliphatic rings. The maximum atomic E-state index is 12.0. The number of hydrogen-bond acceptors (Lipinski definition) is 2. The molecule has 0 aromatic heterocycles. The molecule has 0 bridgehead atoms. The van der Waals surface area contributed by atoms with Crippen LogP contribution < -0.4 is 0 Å². The van der Waals surface area contributed by atoms with Crippen LogP contribution >= 0.6 is 0 Å². The van der Waals surface area contributed by atoms with E-state index < -0.39 is 0 Å². The van der Waals surface area contributed by atoms with Gasteiger partial charge >= 0.3 is 5.97 Å². The molecule has 0 aromatic rings. The average Bonchev–Trinajstić information content (AvgIpc) is 3.16. The van der Waals surface area contributed by atoms with Crippen molar-refractivity contribution in [1.82, 2.24) is 0 Å². The van der Waals surface area contributed by atoms with Gasteiger partial charge in [-0.05, 0) is 44.4 Å². The molecule has 53 heavy (non-hydrogen) atoms. The Labute approximate surface area is 336 Å². The zero-order chi connectivity index (χ0) is 38.4. The monoisotopic (exact) mass is 745 g/mol. The standard InChI is InChI=1S/C51H100O2/c1-4-6-7-8-9-10-11-12-13-23-27-30-33-36-39-42-45-48-51(52)53-49-46-43-40-37-34-31-28-25-22-20-18-16-14-15-17-19-21-24-26-29-32-35-38-41-44-47-50(3)5-2/h12-13,50H,4-11,14-49H2,1-3H3. The van der Waals surface area contributed by atoms with Crippen LogP contribution in [0.1, 0.15) is 297 Å².